The number of likely N-dealkylation sites (tertiary alicyclic amines) is 1. The molecule has 178 valence electrons. The largest absolute Gasteiger partial charge is 0.351 e. The zero-order valence-corrected chi connectivity index (χ0v) is 19.3. The monoisotopic (exact) mass is 453 g/mol. The fourth-order valence-corrected chi connectivity index (χ4v) is 5.33. The Bertz CT molecular complexity index is 860. The number of benzene rings is 1. The second kappa shape index (κ2) is 10.3. The predicted octanol–water partition coefficient (Wildman–Crippen LogP) is 2.47. The summed E-state index contributed by atoms with van der Waals surface area (Å²) in [7, 11) is 0. The highest BCUT2D eigenvalue weighted by atomic mass is 16.2. The van der Waals surface area contributed by atoms with Crippen molar-refractivity contribution in [3.63, 3.8) is 0 Å². The zero-order chi connectivity index (χ0) is 23.3. The summed E-state index contributed by atoms with van der Waals surface area (Å²) < 4.78 is 0. The molecule has 8 nitrogen and oxygen atoms in total. The van der Waals surface area contributed by atoms with Crippen molar-refractivity contribution in [1.29, 1.82) is 0 Å². The average molecular weight is 454 g/mol. The molecular weight excluding hydrogens is 418 g/mol. The summed E-state index contributed by atoms with van der Waals surface area (Å²) in [5.41, 5.74) is 0.224. The molecule has 0 aromatic heterocycles. The van der Waals surface area contributed by atoms with Gasteiger partial charge in [-0.3, -0.25) is 9.59 Å². The summed E-state index contributed by atoms with van der Waals surface area (Å²) in [4.78, 5) is 44.4. The van der Waals surface area contributed by atoms with E-state index in [4.69, 9.17) is 0 Å². The van der Waals surface area contributed by atoms with Gasteiger partial charge in [0.2, 0.25) is 5.91 Å². The Hall–Kier alpha value is -3.03. The van der Waals surface area contributed by atoms with Crippen LogP contribution in [0.1, 0.15) is 44.9 Å². The number of anilines is 1. The number of nitrogens with one attached hydrogen (secondary N) is 2. The molecule has 0 unspecified atom stereocenters. The van der Waals surface area contributed by atoms with E-state index in [1.54, 1.807) is 11.0 Å². The van der Waals surface area contributed by atoms with Crippen molar-refractivity contribution in [1.82, 2.24) is 20.4 Å². The van der Waals surface area contributed by atoms with E-state index in [0.717, 1.165) is 18.5 Å². The summed E-state index contributed by atoms with van der Waals surface area (Å²) in [5.74, 6) is -0.231. The number of amides is 4. The van der Waals surface area contributed by atoms with Crippen LogP contribution < -0.4 is 15.5 Å². The van der Waals surface area contributed by atoms with Gasteiger partial charge < -0.3 is 25.3 Å². The minimum Gasteiger partial charge on any atom is -0.351 e. The van der Waals surface area contributed by atoms with Gasteiger partial charge in [-0.2, -0.15) is 0 Å². The predicted molar refractivity (Wildman–Crippen MR) is 128 cm³/mol. The van der Waals surface area contributed by atoms with Crippen LogP contribution in [0.2, 0.25) is 0 Å². The van der Waals surface area contributed by atoms with Gasteiger partial charge in [-0.1, -0.05) is 43.5 Å². The van der Waals surface area contributed by atoms with Crippen LogP contribution in [0.3, 0.4) is 0 Å². The van der Waals surface area contributed by atoms with Crippen LogP contribution in [0.15, 0.2) is 43.0 Å². The fourth-order valence-electron chi connectivity index (χ4n) is 5.33. The molecule has 8 heteroatoms. The zero-order valence-electron chi connectivity index (χ0n) is 19.3. The Morgan fingerprint density at radius 3 is 2.45 bits per heavy atom. The van der Waals surface area contributed by atoms with Gasteiger partial charge in [-0.05, 0) is 37.8 Å². The fraction of sp³-hybridized carbons (Fsp3) is 0.560. The first-order valence-corrected chi connectivity index (χ1v) is 12.1. The molecule has 3 aliphatic rings. The summed E-state index contributed by atoms with van der Waals surface area (Å²) in [6.07, 6.45) is 8.40. The van der Waals surface area contributed by atoms with E-state index >= 15 is 0 Å². The van der Waals surface area contributed by atoms with Crippen LogP contribution in [-0.2, 0) is 9.59 Å². The third kappa shape index (κ3) is 4.99. The highest BCUT2D eigenvalue weighted by molar-refractivity contribution is 5.96. The lowest BCUT2D eigenvalue weighted by atomic mass is 9.85. The number of carbonyl (C=O) groups excluding carboxylic acids is 3. The molecule has 2 aliphatic heterocycles. The molecule has 2 heterocycles. The molecule has 1 saturated carbocycles. The van der Waals surface area contributed by atoms with Crippen molar-refractivity contribution in [2.75, 3.05) is 37.7 Å². The molecule has 3 fully saturated rings. The number of hydrogen-bond acceptors (Lipinski definition) is 4. The van der Waals surface area contributed by atoms with Crippen molar-refractivity contribution in [3.8, 4) is 0 Å². The van der Waals surface area contributed by atoms with E-state index < -0.39 is 5.54 Å². The Balaban J connectivity index is 1.46. The van der Waals surface area contributed by atoms with Crippen molar-refractivity contribution in [2.24, 2.45) is 0 Å². The molecule has 4 amide bonds. The van der Waals surface area contributed by atoms with Crippen LogP contribution in [0.25, 0.3) is 0 Å². The second-order valence-corrected chi connectivity index (χ2v) is 9.30. The van der Waals surface area contributed by atoms with Crippen molar-refractivity contribution >= 4 is 23.5 Å². The standard InChI is InChI=1S/C25H35N5O3/c1-2-15-26-22(31)18-29-19-30(21-11-7-4-8-12-21)25(23(29)32)13-16-28(17-14-25)24(33)27-20-9-5-3-6-10-20/h2,4,7-8,11-12,20H,1,3,5-6,9-10,13-19H2,(H,26,31)(H,27,33). The van der Waals surface area contributed by atoms with Crippen LogP contribution in [0.4, 0.5) is 10.5 Å². The summed E-state index contributed by atoms with van der Waals surface area (Å²) in [5, 5.41) is 5.95. The number of piperidine rings is 1. The van der Waals surface area contributed by atoms with Gasteiger partial charge >= 0.3 is 6.03 Å². The number of nitrogens with zero attached hydrogens (tertiary/aromatic N) is 3. The van der Waals surface area contributed by atoms with Gasteiger partial charge in [0.1, 0.15) is 12.1 Å². The van der Waals surface area contributed by atoms with Crippen molar-refractivity contribution in [2.45, 2.75) is 56.5 Å². The third-order valence-electron chi connectivity index (χ3n) is 7.17. The maximum Gasteiger partial charge on any atom is 0.317 e. The topological polar surface area (TPSA) is 85.0 Å². The van der Waals surface area contributed by atoms with E-state index in [0.29, 0.717) is 39.1 Å². The third-order valence-corrected chi connectivity index (χ3v) is 7.17. The van der Waals surface area contributed by atoms with Gasteiger partial charge in [0.05, 0.1) is 6.67 Å². The Kier molecular flexibility index (Phi) is 7.20. The van der Waals surface area contributed by atoms with E-state index in [1.165, 1.54) is 19.3 Å². The average Bonchev–Trinajstić information content (AvgIpc) is 3.10. The Morgan fingerprint density at radius 2 is 1.79 bits per heavy atom. The van der Waals surface area contributed by atoms with Crippen molar-refractivity contribution < 1.29 is 14.4 Å². The highest BCUT2D eigenvalue weighted by Gasteiger charge is 2.54. The molecular formula is C25H35N5O3. The smallest absolute Gasteiger partial charge is 0.317 e. The molecule has 1 aromatic rings. The molecule has 2 saturated heterocycles. The minimum atomic E-state index is -0.734. The Morgan fingerprint density at radius 1 is 1.09 bits per heavy atom. The van der Waals surface area contributed by atoms with E-state index in [-0.39, 0.29) is 30.4 Å². The summed E-state index contributed by atoms with van der Waals surface area (Å²) >= 11 is 0. The van der Waals surface area contributed by atoms with Gasteiger partial charge in [0, 0.05) is 31.4 Å². The minimum absolute atomic E-state index is 0.0175. The van der Waals surface area contributed by atoms with E-state index in [1.807, 2.05) is 35.2 Å². The molecule has 1 spiro atoms. The molecule has 1 aliphatic carbocycles. The number of hydrogen-bond donors (Lipinski definition) is 2. The number of urea groups is 1. The van der Waals surface area contributed by atoms with Gasteiger partial charge in [0.15, 0.2) is 0 Å². The molecule has 0 atom stereocenters. The van der Waals surface area contributed by atoms with E-state index in [2.05, 4.69) is 22.1 Å². The highest BCUT2D eigenvalue weighted by Crippen LogP contribution is 2.39. The summed E-state index contributed by atoms with van der Waals surface area (Å²) in [6.45, 7) is 5.40. The SMILES string of the molecule is C=CCNC(=O)CN1CN(c2ccccc2)C2(CCN(C(=O)NC3CCCCC3)CC2)C1=O. The van der Waals surface area contributed by atoms with Crippen LogP contribution in [0, 0.1) is 0 Å². The lowest BCUT2D eigenvalue weighted by molar-refractivity contribution is -0.137. The van der Waals surface area contributed by atoms with Crippen LogP contribution in [0.5, 0.6) is 0 Å². The van der Waals surface area contributed by atoms with Gasteiger partial charge in [0.25, 0.3) is 5.91 Å². The first kappa shape index (κ1) is 23.1. The van der Waals surface area contributed by atoms with Crippen molar-refractivity contribution in [3.05, 3.63) is 43.0 Å². The van der Waals surface area contributed by atoms with E-state index in [9.17, 15) is 14.4 Å². The maximum absolute atomic E-state index is 13.6. The van der Waals surface area contributed by atoms with Gasteiger partial charge in [-0.25, -0.2) is 4.79 Å². The first-order chi connectivity index (χ1) is 16.0. The van der Waals surface area contributed by atoms with Crippen LogP contribution in [-0.4, -0.2) is 72.1 Å². The lowest BCUT2D eigenvalue weighted by Crippen LogP contribution is -2.59. The lowest BCUT2D eigenvalue weighted by Gasteiger charge is -2.43. The molecule has 0 radical (unpaired) electrons. The molecule has 1 aromatic carbocycles. The molecule has 2 N–H and O–H groups in total. The molecule has 4 rings (SSSR count). The number of rotatable bonds is 6. The Labute approximate surface area is 196 Å². The molecule has 0 bridgehead atoms. The first-order valence-electron chi connectivity index (χ1n) is 12.1. The quantitative estimate of drug-likeness (QED) is 0.648. The summed E-state index contributed by atoms with van der Waals surface area (Å²) in [6, 6.07) is 10.1. The number of para-hydroxylation sites is 1. The molecule has 33 heavy (non-hydrogen) atoms. The van der Waals surface area contributed by atoms with Crippen LogP contribution >= 0.6 is 0 Å². The second-order valence-electron chi connectivity index (χ2n) is 9.30. The number of carbonyl (C=O) groups is 3. The normalized spacial score (nSPS) is 20.7. The van der Waals surface area contributed by atoms with Gasteiger partial charge in [-0.15, -0.1) is 6.58 Å². The maximum atomic E-state index is 13.6.